The van der Waals surface area contributed by atoms with Crippen LogP contribution in [0, 0.1) is 0 Å². The molecule has 0 unspecified atom stereocenters. The molecule has 0 bridgehead atoms. The molecule has 0 saturated carbocycles. The van der Waals surface area contributed by atoms with Gasteiger partial charge in [0.1, 0.15) is 0 Å². The summed E-state index contributed by atoms with van der Waals surface area (Å²) in [6, 6.07) is 4.76. The number of hydrogen-bond acceptors (Lipinski definition) is 3. The highest BCUT2D eigenvalue weighted by atomic mass is 35.5. The second-order valence-electron chi connectivity index (χ2n) is 4.64. The van der Waals surface area contributed by atoms with Crippen LogP contribution in [0.5, 0.6) is 0 Å². The zero-order valence-corrected chi connectivity index (χ0v) is 13.2. The number of ether oxygens (including phenoxy) is 1. The number of halogens is 2. The lowest BCUT2D eigenvalue weighted by atomic mass is 10.2. The van der Waals surface area contributed by atoms with Gasteiger partial charge in [-0.15, -0.1) is 0 Å². The van der Waals surface area contributed by atoms with Crippen LogP contribution in [0.15, 0.2) is 18.2 Å². The zero-order valence-electron chi connectivity index (χ0n) is 11.6. The Morgan fingerprint density at radius 1 is 1.05 bits per heavy atom. The van der Waals surface area contributed by atoms with Crippen molar-refractivity contribution in [3.05, 3.63) is 33.8 Å². The molecule has 0 aliphatic carbocycles. The van der Waals surface area contributed by atoms with E-state index < -0.39 is 0 Å². The summed E-state index contributed by atoms with van der Waals surface area (Å²) in [6.07, 6.45) is -0.338. The molecule has 0 spiro atoms. The minimum Gasteiger partial charge on any atom is -0.450 e. The van der Waals surface area contributed by atoms with Crippen molar-refractivity contribution in [1.29, 1.82) is 0 Å². The molecule has 0 radical (unpaired) electrons. The molecule has 7 heteroatoms. The number of hydrogen-bond donors (Lipinski definition) is 0. The fourth-order valence-electron chi connectivity index (χ4n) is 2.17. The number of carbonyl (C=O) groups excluding carboxylic acids is 2. The Morgan fingerprint density at radius 2 is 1.57 bits per heavy atom. The maximum Gasteiger partial charge on any atom is 0.409 e. The number of carbonyl (C=O) groups is 2. The molecule has 1 heterocycles. The van der Waals surface area contributed by atoms with Crippen LogP contribution in [0.1, 0.15) is 17.3 Å². The summed E-state index contributed by atoms with van der Waals surface area (Å²) in [5.74, 6) is -0.136. The number of piperazine rings is 1. The van der Waals surface area contributed by atoms with E-state index in [2.05, 4.69) is 0 Å². The molecule has 1 aliphatic heterocycles. The Labute approximate surface area is 133 Å². The highest BCUT2D eigenvalue weighted by Crippen LogP contribution is 2.20. The number of benzene rings is 1. The summed E-state index contributed by atoms with van der Waals surface area (Å²) in [4.78, 5) is 27.3. The fraction of sp³-hybridized carbons (Fsp3) is 0.429. The van der Waals surface area contributed by atoms with Crippen molar-refractivity contribution in [3.8, 4) is 0 Å². The van der Waals surface area contributed by atoms with Crippen molar-refractivity contribution < 1.29 is 14.3 Å². The monoisotopic (exact) mass is 330 g/mol. The van der Waals surface area contributed by atoms with Crippen LogP contribution in [-0.2, 0) is 4.74 Å². The molecule has 0 N–H and O–H groups in total. The lowest BCUT2D eigenvalue weighted by Crippen LogP contribution is -2.50. The molecule has 2 amide bonds. The van der Waals surface area contributed by atoms with Crippen molar-refractivity contribution in [3.63, 3.8) is 0 Å². The van der Waals surface area contributed by atoms with Crippen molar-refractivity contribution in [2.24, 2.45) is 0 Å². The van der Waals surface area contributed by atoms with Gasteiger partial charge < -0.3 is 14.5 Å². The number of rotatable bonds is 2. The predicted molar refractivity (Wildman–Crippen MR) is 81.0 cm³/mol. The first-order valence-electron chi connectivity index (χ1n) is 6.68. The van der Waals surface area contributed by atoms with Crippen LogP contribution in [-0.4, -0.2) is 54.6 Å². The molecule has 0 atom stereocenters. The van der Waals surface area contributed by atoms with Gasteiger partial charge in [0, 0.05) is 41.8 Å². The van der Waals surface area contributed by atoms with E-state index in [1.54, 1.807) is 34.9 Å². The molecule has 5 nitrogen and oxygen atoms in total. The van der Waals surface area contributed by atoms with Crippen LogP contribution >= 0.6 is 23.2 Å². The molecule has 1 fully saturated rings. The van der Waals surface area contributed by atoms with Crippen molar-refractivity contribution in [2.75, 3.05) is 32.8 Å². The first-order valence-corrected chi connectivity index (χ1v) is 7.44. The highest BCUT2D eigenvalue weighted by Gasteiger charge is 2.25. The van der Waals surface area contributed by atoms with E-state index in [1.165, 1.54) is 0 Å². The second-order valence-corrected chi connectivity index (χ2v) is 5.51. The lowest BCUT2D eigenvalue weighted by Gasteiger charge is -2.34. The van der Waals surface area contributed by atoms with Crippen LogP contribution < -0.4 is 0 Å². The lowest BCUT2D eigenvalue weighted by molar-refractivity contribution is 0.0570. The van der Waals surface area contributed by atoms with Crippen LogP contribution in [0.25, 0.3) is 0 Å². The van der Waals surface area contributed by atoms with Gasteiger partial charge in [-0.3, -0.25) is 4.79 Å². The van der Waals surface area contributed by atoms with Crippen LogP contribution in [0.3, 0.4) is 0 Å². The second kappa shape index (κ2) is 7.00. The Hall–Kier alpha value is -1.46. The molecule has 21 heavy (non-hydrogen) atoms. The quantitative estimate of drug-likeness (QED) is 0.837. The van der Waals surface area contributed by atoms with Gasteiger partial charge >= 0.3 is 6.09 Å². The summed E-state index contributed by atoms with van der Waals surface area (Å²) < 4.78 is 4.94. The van der Waals surface area contributed by atoms with Gasteiger partial charge in [0.25, 0.3) is 5.91 Å². The zero-order chi connectivity index (χ0) is 15.4. The van der Waals surface area contributed by atoms with E-state index in [0.29, 0.717) is 48.4 Å². The smallest absolute Gasteiger partial charge is 0.409 e. The third kappa shape index (κ3) is 4.02. The SMILES string of the molecule is CCOC(=O)N1CCN(C(=O)c2cc(Cl)cc(Cl)c2)CC1. The standard InChI is InChI=1S/C14H16Cl2N2O3/c1-2-21-14(20)18-5-3-17(4-6-18)13(19)10-7-11(15)9-12(16)8-10/h7-9H,2-6H2,1H3. The first kappa shape index (κ1) is 15.9. The molecule has 114 valence electrons. The Kier molecular flexibility index (Phi) is 5.31. The van der Waals surface area contributed by atoms with Gasteiger partial charge in [-0.2, -0.15) is 0 Å². The maximum atomic E-state index is 12.4. The van der Waals surface area contributed by atoms with E-state index in [9.17, 15) is 9.59 Å². The van der Waals surface area contributed by atoms with Gasteiger partial charge in [-0.1, -0.05) is 23.2 Å². The minimum atomic E-state index is -0.338. The van der Waals surface area contributed by atoms with Gasteiger partial charge in [0.15, 0.2) is 0 Å². The topological polar surface area (TPSA) is 49.9 Å². The predicted octanol–water partition coefficient (Wildman–Crippen LogP) is 2.91. The normalized spacial score (nSPS) is 15.0. The summed E-state index contributed by atoms with van der Waals surface area (Å²) in [6.45, 7) is 3.95. The molecular weight excluding hydrogens is 315 g/mol. The Morgan fingerprint density at radius 3 is 2.10 bits per heavy atom. The Bertz CT molecular complexity index is 523. The number of nitrogens with zero attached hydrogens (tertiary/aromatic N) is 2. The summed E-state index contributed by atoms with van der Waals surface area (Å²) in [7, 11) is 0. The van der Waals surface area contributed by atoms with E-state index in [0.717, 1.165) is 0 Å². The van der Waals surface area contributed by atoms with Crippen molar-refractivity contribution >= 4 is 35.2 Å². The molecule has 0 aromatic heterocycles. The van der Waals surface area contributed by atoms with E-state index in [-0.39, 0.29) is 12.0 Å². The minimum absolute atomic E-state index is 0.136. The van der Waals surface area contributed by atoms with Crippen molar-refractivity contribution in [2.45, 2.75) is 6.92 Å². The van der Waals surface area contributed by atoms with E-state index >= 15 is 0 Å². The van der Waals surface area contributed by atoms with Crippen molar-refractivity contribution in [1.82, 2.24) is 9.80 Å². The van der Waals surface area contributed by atoms with Gasteiger partial charge in [-0.05, 0) is 25.1 Å². The summed E-state index contributed by atoms with van der Waals surface area (Å²) >= 11 is 11.8. The molecule has 1 aromatic carbocycles. The van der Waals surface area contributed by atoms with Crippen LogP contribution in [0.2, 0.25) is 10.0 Å². The van der Waals surface area contributed by atoms with Gasteiger partial charge in [0.05, 0.1) is 6.61 Å². The first-order chi connectivity index (χ1) is 10.0. The average molecular weight is 331 g/mol. The molecule has 1 aliphatic rings. The third-order valence-electron chi connectivity index (χ3n) is 3.20. The molecule has 1 saturated heterocycles. The average Bonchev–Trinajstić information content (AvgIpc) is 2.46. The highest BCUT2D eigenvalue weighted by molar-refractivity contribution is 6.35. The largest absolute Gasteiger partial charge is 0.450 e. The Balaban J connectivity index is 1.98. The summed E-state index contributed by atoms with van der Waals surface area (Å²) in [5.41, 5.74) is 0.456. The maximum absolute atomic E-state index is 12.4. The molecule has 1 aromatic rings. The van der Waals surface area contributed by atoms with Gasteiger partial charge in [-0.25, -0.2) is 4.79 Å². The fourth-order valence-corrected chi connectivity index (χ4v) is 2.69. The third-order valence-corrected chi connectivity index (χ3v) is 3.64. The molecular formula is C14H16Cl2N2O3. The molecule has 2 rings (SSSR count). The van der Waals surface area contributed by atoms with Gasteiger partial charge in [0.2, 0.25) is 0 Å². The van der Waals surface area contributed by atoms with E-state index in [4.69, 9.17) is 27.9 Å². The van der Waals surface area contributed by atoms with E-state index in [1.807, 2.05) is 0 Å². The van der Waals surface area contributed by atoms with Crippen LogP contribution in [0.4, 0.5) is 4.79 Å². The summed E-state index contributed by atoms with van der Waals surface area (Å²) in [5, 5.41) is 0.854. The number of amides is 2.